The van der Waals surface area contributed by atoms with Gasteiger partial charge in [-0.2, -0.15) is 5.10 Å². The summed E-state index contributed by atoms with van der Waals surface area (Å²) in [5, 5.41) is 3.90. The zero-order valence-corrected chi connectivity index (χ0v) is 16.3. The molecule has 0 unspecified atom stereocenters. The third kappa shape index (κ3) is 5.93. The molecule has 1 amide bonds. The minimum Gasteiger partial charge on any atom is -0.493 e. The minimum atomic E-state index is -0.485. The van der Waals surface area contributed by atoms with Gasteiger partial charge in [0.05, 0.1) is 18.9 Å². The van der Waals surface area contributed by atoms with Gasteiger partial charge in [0, 0.05) is 0 Å². The van der Waals surface area contributed by atoms with E-state index < -0.39 is 11.9 Å². The Bertz CT molecular complexity index is 1020. The molecule has 7 heteroatoms. The average Bonchev–Trinajstić information content (AvgIpc) is 2.79. The van der Waals surface area contributed by atoms with E-state index in [1.165, 1.54) is 13.3 Å². The van der Waals surface area contributed by atoms with Crippen molar-refractivity contribution < 1.29 is 23.8 Å². The number of nitrogens with zero attached hydrogens (tertiary/aromatic N) is 1. The molecule has 0 aromatic heterocycles. The number of rotatable bonds is 8. The number of nitrogens with one attached hydrogen (secondary N) is 1. The molecule has 0 saturated carbocycles. The minimum absolute atomic E-state index is 0.154. The highest BCUT2D eigenvalue weighted by Gasteiger charge is 2.12. The van der Waals surface area contributed by atoms with Gasteiger partial charge in [0.15, 0.2) is 18.1 Å². The van der Waals surface area contributed by atoms with E-state index in [9.17, 15) is 9.59 Å². The summed E-state index contributed by atoms with van der Waals surface area (Å²) in [7, 11) is 1.47. The number of carbonyl (C=O) groups excluding carboxylic acids is 2. The number of hydrogen-bond acceptors (Lipinski definition) is 6. The Morgan fingerprint density at radius 2 is 1.63 bits per heavy atom. The second-order valence-electron chi connectivity index (χ2n) is 6.06. The molecular weight excluding hydrogens is 384 g/mol. The van der Waals surface area contributed by atoms with E-state index in [1.807, 2.05) is 24.3 Å². The topological polar surface area (TPSA) is 86.2 Å². The number of benzene rings is 3. The van der Waals surface area contributed by atoms with Crippen molar-refractivity contribution in [1.29, 1.82) is 0 Å². The lowest BCUT2D eigenvalue weighted by Crippen LogP contribution is -2.24. The molecule has 3 aromatic rings. The average molecular weight is 404 g/mol. The first-order valence-corrected chi connectivity index (χ1v) is 9.11. The highest BCUT2D eigenvalue weighted by atomic mass is 16.6. The zero-order valence-electron chi connectivity index (χ0n) is 16.3. The van der Waals surface area contributed by atoms with Crippen LogP contribution in [0.5, 0.6) is 17.2 Å². The first kappa shape index (κ1) is 20.6. The Balaban J connectivity index is 1.56. The molecule has 7 nitrogen and oxygen atoms in total. The van der Waals surface area contributed by atoms with Crippen LogP contribution < -0.4 is 19.6 Å². The van der Waals surface area contributed by atoms with Crippen molar-refractivity contribution in [2.75, 3.05) is 13.7 Å². The number of hydrazone groups is 1. The smallest absolute Gasteiger partial charge is 0.343 e. The van der Waals surface area contributed by atoms with Crippen LogP contribution in [0.15, 0.2) is 84.0 Å². The summed E-state index contributed by atoms with van der Waals surface area (Å²) in [6.07, 6.45) is 1.45. The summed E-state index contributed by atoms with van der Waals surface area (Å²) in [6, 6.07) is 22.6. The van der Waals surface area contributed by atoms with Gasteiger partial charge < -0.3 is 14.2 Å². The molecule has 0 aliphatic rings. The summed E-state index contributed by atoms with van der Waals surface area (Å²) in [4.78, 5) is 24.0. The molecule has 0 aliphatic carbocycles. The second-order valence-corrected chi connectivity index (χ2v) is 6.06. The van der Waals surface area contributed by atoms with E-state index in [4.69, 9.17) is 14.2 Å². The van der Waals surface area contributed by atoms with Crippen LogP contribution in [-0.4, -0.2) is 31.8 Å². The molecule has 0 atom stereocenters. The summed E-state index contributed by atoms with van der Waals surface area (Å²) in [6.45, 7) is -0.154. The third-order valence-corrected chi connectivity index (χ3v) is 3.92. The lowest BCUT2D eigenvalue weighted by Gasteiger charge is -2.10. The summed E-state index contributed by atoms with van der Waals surface area (Å²) >= 11 is 0. The van der Waals surface area contributed by atoms with Crippen LogP contribution in [0, 0.1) is 0 Å². The maximum absolute atomic E-state index is 12.2. The summed E-state index contributed by atoms with van der Waals surface area (Å²) < 4.78 is 16.0. The normalized spacial score (nSPS) is 10.4. The lowest BCUT2D eigenvalue weighted by molar-refractivity contribution is -0.123. The van der Waals surface area contributed by atoms with Crippen molar-refractivity contribution in [2.24, 2.45) is 5.10 Å². The molecule has 0 spiro atoms. The number of esters is 1. The number of hydrogen-bond donors (Lipinski definition) is 1. The fourth-order valence-corrected chi connectivity index (χ4v) is 2.46. The lowest BCUT2D eigenvalue weighted by atomic mass is 10.2. The van der Waals surface area contributed by atoms with Crippen LogP contribution in [0.1, 0.15) is 15.9 Å². The van der Waals surface area contributed by atoms with E-state index in [0.717, 1.165) is 0 Å². The highest BCUT2D eigenvalue weighted by molar-refractivity contribution is 5.91. The monoisotopic (exact) mass is 404 g/mol. The SMILES string of the molecule is COc1cc(/C=N/NC(=O)COc2ccccc2)ccc1OC(=O)c1ccccc1. The quantitative estimate of drug-likeness (QED) is 0.269. The molecule has 0 saturated heterocycles. The van der Waals surface area contributed by atoms with Crippen LogP contribution in [0.3, 0.4) is 0 Å². The van der Waals surface area contributed by atoms with Gasteiger partial charge in [-0.05, 0) is 48.0 Å². The molecule has 3 rings (SSSR count). The predicted molar refractivity (Wildman–Crippen MR) is 112 cm³/mol. The Kier molecular flexibility index (Phi) is 7.16. The van der Waals surface area contributed by atoms with Crippen LogP contribution >= 0.6 is 0 Å². The van der Waals surface area contributed by atoms with Crippen LogP contribution in [0.4, 0.5) is 0 Å². The van der Waals surface area contributed by atoms with E-state index in [-0.39, 0.29) is 12.4 Å². The van der Waals surface area contributed by atoms with E-state index in [2.05, 4.69) is 10.5 Å². The van der Waals surface area contributed by atoms with Gasteiger partial charge in [-0.25, -0.2) is 10.2 Å². The van der Waals surface area contributed by atoms with Gasteiger partial charge in [0.25, 0.3) is 5.91 Å². The number of ether oxygens (including phenoxy) is 3. The fraction of sp³-hybridized carbons (Fsp3) is 0.0870. The molecule has 0 fully saturated rings. The number of para-hydroxylation sites is 1. The molecule has 3 aromatic carbocycles. The van der Waals surface area contributed by atoms with Gasteiger partial charge in [0.2, 0.25) is 0 Å². The Morgan fingerprint density at radius 3 is 2.33 bits per heavy atom. The van der Waals surface area contributed by atoms with E-state index >= 15 is 0 Å². The fourth-order valence-electron chi connectivity index (χ4n) is 2.46. The summed E-state index contributed by atoms with van der Waals surface area (Å²) in [5.74, 6) is 0.365. The Morgan fingerprint density at radius 1 is 0.933 bits per heavy atom. The van der Waals surface area contributed by atoms with Gasteiger partial charge >= 0.3 is 5.97 Å². The van der Waals surface area contributed by atoms with Crippen molar-refractivity contribution in [3.63, 3.8) is 0 Å². The standard InChI is InChI=1S/C23H20N2O5/c1-28-21-14-17(12-13-20(21)30-23(27)18-8-4-2-5-9-18)15-24-25-22(26)16-29-19-10-6-3-7-11-19/h2-15H,16H2,1H3,(H,25,26)/b24-15+. The molecule has 1 N–H and O–H groups in total. The van der Waals surface area contributed by atoms with Crippen molar-refractivity contribution in [3.05, 3.63) is 90.0 Å². The van der Waals surface area contributed by atoms with Gasteiger partial charge in [-0.3, -0.25) is 4.79 Å². The van der Waals surface area contributed by atoms with Crippen molar-refractivity contribution in [1.82, 2.24) is 5.43 Å². The van der Waals surface area contributed by atoms with E-state index in [1.54, 1.807) is 54.6 Å². The second kappa shape index (κ2) is 10.4. The maximum atomic E-state index is 12.2. The maximum Gasteiger partial charge on any atom is 0.343 e. The molecule has 0 aliphatic heterocycles. The Hall–Kier alpha value is -4.13. The number of carbonyl (C=O) groups is 2. The van der Waals surface area contributed by atoms with Crippen LogP contribution in [0.25, 0.3) is 0 Å². The largest absolute Gasteiger partial charge is 0.493 e. The first-order valence-electron chi connectivity index (χ1n) is 9.11. The van der Waals surface area contributed by atoms with Gasteiger partial charge in [-0.15, -0.1) is 0 Å². The molecule has 152 valence electrons. The predicted octanol–water partition coefficient (Wildman–Crippen LogP) is 3.44. The number of amides is 1. The van der Waals surface area contributed by atoms with Crippen molar-refractivity contribution in [3.8, 4) is 17.2 Å². The highest BCUT2D eigenvalue weighted by Crippen LogP contribution is 2.28. The summed E-state index contributed by atoms with van der Waals surface area (Å²) in [5.41, 5.74) is 3.47. The molecule has 0 radical (unpaired) electrons. The van der Waals surface area contributed by atoms with Crippen molar-refractivity contribution >= 4 is 18.1 Å². The van der Waals surface area contributed by atoms with Crippen LogP contribution in [-0.2, 0) is 4.79 Å². The third-order valence-electron chi connectivity index (χ3n) is 3.92. The molecule has 0 bridgehead atoms. The zero-order chi connectivity index (χ0) is 21.2. The first-order chi connectivity index (χ1) is 14.7. The molecular formula is C23H20N2O5. The van der Waals surface area contributed by atoms with E-state index in [0.29, 0.717) is 22.6 Å². The van der Waals surface area contributed by atoms with Gasteiger partial charge in [-0.1, -0.05) is 36.4 Å². The van der Waals surface area contributed by atoms with Gasteiger partial charge in [0.1, 0.15) is 5.75 Å². The van der Waals surface area contributed by atoms with Crippen LogP contribution in [0.2, 0.25) is 0 Å². The van der Waals surface area contributed by atoms with Crippen molar-refractivity contribution in [2.45, 2.75) is 0 Å². The molecule has 0 heterocycles. The number of methoxy groups -OCH3 is 1. The Labute approximate surface area is 173 Å². The molecule has 30 heavy (non-hydrogen) atoms.